The molecule has 2 aliphatic carbocycles. The second kappa shape index (κ2) is 11.9. The van der Waals surface area contributed by atoms with Crippen molar-refractivity contribution >= 4 is 58.9 Å². The second-order valence-electron chi connectivity index (χ2n) is 10.6. The lowest BCUT2D eigenvalue weighted by molar-refractivity contribution is -0.189. The van der Waals surface area contributed by atoms with Crippen LogP contribution in [-0.4, -0.2) is 77.7 Å². The number of esters is 2. The van der Waals surface area contributed by atoms with E-state index in [1.165, 1.54) is 0 Å². The van der Waals surface area contributed by atoms with Crippen molar-refractivity contribution in [1.29, 1.82) is 0 Å². The van der Waals surface area contributed by atoms with Crippen LogP contribution in [0.1, 0.15) is 52.4 Å². The Morgan fingerprint density at radius 2 is 1.23 bits per heavy atom. The van der Waals surface area contributed by atoms with Crippen LogP contribution < -0.4 is 20.1 Å². The summed E-state index contributed by atoms with van der Waals surface area (Å²) in [4.78, 5) is 25.9. The lowest BCUT2D eigenvalue weighted by atomic mass is 10.1. The minimum atomic E-state index is -1.01. The van der Waals surface area contributed by atoms with E-state index in [-0.39, 0.29) is 24.0 Å². The summed E-state index contributed by atoms with van der Waals surface area (Å²) in [7, 11) is 0. The van der Waals surface area contributed by atoms with Gasteiger partial charge < -0.3 is 18.9 Å². The molecule has 6 rings (SSSR count). The van der Waals surface area contributed by atoms with Crippen molar-refractivity contribution in [1.82, 2.24) is 28.1 Å². The van der Waals surface area contributed by atoms with Crippen LogP contribution in [0, 0.1) is 11.8 Å². The van der Waals surface area contributed by atoms with Gasteiger partial charge in [0.25, 0.3) is 11.8 Å². The highest BCUT2D eigenvalue weighted by atomic mass is 32.2. The third-order valence-corrected chi connectivity index (χ3v) is 11.2. The molecule has 12 nitrogen and oxygen atoms in total. The molecule has 2 aromatic heterocycles. The summed E-state index contributed by atoms with van der Waals surface area (Å²) in [6, 6.07) is 0. The van der Waals surface area contributed by atoms with Gasteiger partial charge in [-0.15, -0.1) is 8.75 Å². The zero-order valence-electron chi connectivity index (χ0n) is 22.3. The van der Waals surface area contributed by atoms with Gasteiger partial charge in [0.15, 0.2) is 21.5 Å². The molecule has 0 spiro atoms. The molecule has 6 unspecified atom stereocenters. The molecule has 4 heterocycles. The molecule has 2 aromatic rings. The number of nitrogens with zero attached hydrogens (tertiary/aromatic N) is 4. The van der Waals surface area contributed by atoms with E-state index >= 15 is 0 Å². The van der Waals surface area contributed by atoms with E-state index in [0.717, 1.165) is 57.9 Å². The first kappa shape index (κ1) is 28.4. The standard InChI is InChI=1S/C24H32N6O6S4/c1-3-5-37-19-17(27-39-29-19)33-15-9-23(7-13(15)11-25-23)35-21(31)22(32)36-24-8-14(12-26-24)16(10-24)34-18-20(30-40-28-18)38-6-4-2/h13-16,25-26H,3-12H2,1-2H3. The smallest absolute Gasteiger partial charge is 0.419 e. The Morgan fingerprint density at radius 3 is 1.65 bits per heavy atom. The van der Waals surface area contributed by atoms with E-state index in [2.05, 4.69) is 42.0 Å². The topological polar surface area (TPSA) is 147 Å². The highest BCUT2D eigenvalue weighted by molar-refractivity contribution is 7.99. The molecule has 16 heteroatoms. The Balaban J connectivity index is 1.03. The van der Waals surface area contributed by atoms with Crippen molar-refractivity contribution in [2.75, 3.05) is 24.6 Å². The highest BCUT2D eigenvalue weighted by Gasteiger charge is 2.58. The van der Waals surface area contributed by atoms with Crippen LogP contribution in [-0.2, 0) is 19.1 Å². The van der Waals surface area contributed by atoms with Crippen molar-refractivity contribution < 1.29 is 28.5 Å². The van der Waals surface area contributed by atoms with Crippen molar-refractivity contribution in [3.8, 4) is 11.8 Å². The highest BCUT2D eigenvalue weighted by Crippen LogP contribution is 2.45. The molecule has 2 saturated heterocycles. The van der Waals surface area contributed by atoms with Crippen LogP contribution in [0.25, 0.3) is 0 Å². The molecule has 218 valence electrons. The summed E-state index contributed by atoms with van der Waals surface area (Å²) in [5.74, 6) is 1.20. The summed E-state index contributed by atoms with van der Waals surface area (Å²) in [6.45, 7) is 5.47. The van der Waals surface area contributed by atoms with Crippen LogP contribution in [0.4, 0.5) is 0 Å². The fourth-order valence-electron chi connectivity index (χ4n) is 5.89. The Bertz CT molecular complexity index is 1140. The lowest BCUT2D eigenvalue weighted by Crippen LogP contribution is -2.52. The van der Waals surface area contributed by atoms with Gasteiger partial charge in [-0.05, 0) is 24.3 Å². The monoisotopic (exact) mass is 628 g/mol. The molecular weight excluding hydrogens is 597 g/mol. The van der Waals surface area contributed by atoms with Gasteiger partial charge in [-0.3, -0.25) is 10.6 Å². The van der Waals surface area contributed by atoms with E-state index in [4.69, 9.17) is 18.9 Å². The number of ether oxygens (including phenoxy) is 4. The van der Waals surface area contributed by atoms with Gasteiger partial charge in [-0.1, -0.05) is 37.4 Å². The molecule has 4 bridgehead atoms. The molecule has 0 aromatic carbocycles. The maximum atomic E-state index is 12.9. The molecule has 0 amide bonds. The number of fused-ring (bicyclic) bond motifs is 4. The van der Waals surface area contributed by atoms with Crippen LogP contribution in [0.15, 0.2) is 10.1 Å². The maximum Gasteiger partial charge on any atom is 0.419 e. The molecule has 4 aliphatic rings. The Morgan fingerprint density at radius 1 is 0.775 bits per heavy atom. The number of aromatic nitrogens is 4. The zero-order valence-corrected chi connectivity index (χ0v) is 25.5. The summed E-state index contributed by atoms with van der Waals surface area (Å²) in [6.07, 6.45) is 3.67. The number of carbonyl (C=O) groups is 2. The maximum absolute atomic E-state index is 12.9. The number of nitrogens with one attached hydrogen (secondary N) is 2. The van der Waals surface area contributed by atoms with Gasteiger partial charge in [0, 0.05) is 50.6 Å². The number of piperidine rings is 2. The van der Waals surface area contributed by atoms with E-state index < -0.39 is 23.4 Å². The number of thioether (sulfide) groups is 2. The quantitative estimate of drug-likeness (QED) is 0.202. The van der Waals surface area contributed by atoms with E-state index in [9.17, 15) is 9.59 Å². The van der Waals surface area contributed by atoms with Gasteiger partial charge in [0.2, 0.25) is 0 Å². The van der Waals surface area contributed by atoms with Crippen LogP contribution in [0.3, 0.4) is 0 Å². The van der Waals surface area contributed by atoms with Crippen LogP contribution in [0.5, 0.6) is 11.8 Å². The van der Waals surface area contributed by atoms with E-state index in [1.54, 1.807) is 23.5 Å². The van der Waals surface area contributed by atoms with Crippen LogP contribution in [0.2, 0.25) is 0 Å². The Kier molecular flexibility index (Phi) is 8.43. The molecule has 6 atom stereocenters. The fourth-order valence-corrected chi connectivity index (χ4v) is 8.65. The molecule has 2 aliphatic heterocycles. The molecule has 2 N–H and O–H groups in total. The summed E-state index contributed by atoms with van der Waals surface area (Å²) < 4.78 is 41.2. The third kappa shape index (κ3) is 5.79. The van der Waals surface area contributed by atoms with Crippen molar-refractivity contribution in [2.45, 2.75) is 86.1 Å². The first-order valence-corrected chi connectivity index (χ1v) is 17.0. The minimum Gasteiger partial charge on any atom is -0.471 e. The largest absolute Gasteiger partial charge is 0.471 e. The first-order valence-electron chi connectivity index (χ1n) is 13.6. The number of carbonyl (C=O) groups excluding carboxylic acids is 2. The molecule has 0 radical (unpaired) electrons. The SMILES string of the molecule is CCCSc1nsnc1OC1CC2(OC(=O)C(=O)OC34CC(CN3)C(Oc3nsnc3SCCC)C4)CC1CN2. The third-order valence-electron chi connectivity index (χ3n) is 7.69. The van der Waals surface area contributed by atoms with Crippen molar-refractivity contribution in [3.63, 3.8) is 0 Å². The second-order valence-corrected chi connectivity index (χ2v) is 13.8. The van der Waals surface area contributed by atoms with Crippen molar-refractivity contribution in [3.05, 3.63) is 0 Å². The molecule has 4 fully saturated rings. The first-order chi connectivity index (χ1) is 19.4. The lowest BCUT2D eigenvalue weighted by Gasteiger charge is -2.32. The van der Waals surface area contributed by atoms with Gasteiger partial charge in [0.1, 0.15) is 12.2 Å². The van der Waals surface area contributed by atoms with Gasteiger partial charge in [0.05, 0.1) is 23.5 Å². The van der Waals surface area contributed by atoms with Gasteiger partial charge in [-0.25, -0.2) is 9.59 Å². The fraction of sp³-hybridized carbons (Fsp3) is 0.750. The van der Waals surface area contributed by atoms with E-state index in [1.807, 2.05) is 0 Å². The number of hydrogen-bond acceptors (Lipinski definition) is 16. The average molecular weight is 629 g/mol. The molecule has 2 saturated carbocycles. The Labute approximate surface area is 249 Å². The zero-order chi connectivity index (χ0) is 27.7. The summed E-state index contributed by atoms with van der Waals surface area (Å²) in [5.41, 5.74) is -1.92. The van der Waals surface area contributed by atoms with Crippen LogP contribution >= 0.6 is 47.0 Å². The molecule has 40 heavy (non-hydrogen) atoms. The number of hydrogen-bond donors (Lipinski definition) is 2. The van der Waals surface area contributed by atoms with E-state index in [0.29, 0.717) is 50.5 Å². The average Bonchev–Trinajstić information content (AvgIpc) is 3.78. The predicted molar refractivity (Wildman–Crippen MR) is 150 cm³/mol. The summed E-state index contributed by atoms with van der Waals surface area (Å²) >= 11 is 5.50. The predicted octanol–water partition coefficient (Wildman–Crippen LogP) is 3.09. The number of rotatable bonds is 12. The normalized spacial score (nSPS) is 31.9. The Hall–Kier alpha value is -1.72. The van der Waals surface area contributed by atoms with Gasteiger partial charge >= 0.3 is 11.9 Å². The summed E-state index contributed by atoms with van der Waals surface area (Å²) in [5, 5.41) is 8.13. The minimum absolute atomic E-state index is 0.138. The van der Waals surface area contributed by atoms with Crippen molar-refractivity contribution in [2.24, 2.45) is 11.8 Å². The molecular formula is C24H32N6O6S4. The van der Waals surface area contributed by atoms with Gasteiger partial charge in [-0.2, -0.15) is 8.75 Å².